The summed E-state index contributed by atoms with van der Waals surface area (Å²) in [4.78, 5) is 16.5. The lowest BCUT2D eigenvalue weighted by Crippen LogP contribution is -2.32. The van der Waals surface area contributed by atoms with Crippen molar-refractivity contribution in [3.05, 3.63) is 36.4 Å². The maximum absolute atomic E-state index is 11.9. The molecule has 1 fully saturated rings. The van der Waals surface area contributed by atoms with E-state index in [1.165, 1.54) is 11.8 Å². The number of hydrogen-bond donors (Lipinski definition) is 1. The fourth-order valence-electron chi connectivity index (χ4n) is 1.89. The molecule has 19 heavy (non-hydrogen) atoms. The number of fused-ring (bicyclic) bond motifs is 1. The molecule has 0 saturated heterocycles. The van der Waals surface area contributed by atoms with Crippen LogP contribution in [0.4, 0.5) is 0 Å². The highest BCUT2D eigenvalue weighted by Gasteiger charge is 2.26. The minimum Gasteiger partial charge on any atom is -0.352 e. The second kappa shape index (κ2) is 5.21. The summed E-state index contributed by atoms with van der Waals surface area (Å²) < 4.78 is 0. The van der Waals surface area contributed by atoms with Gasteiger partial charge in [-0.15, -0.1) is 0 Å². The first-order chi connectivity index (χ1) is 9.22. The molecule has 1 atom stereocenters. The zero-order valence-corrected chi connectivity index (χ0v) is 11.6. The fraction of sp³-hybridized carbons (Fsp3) is 0.333. The van der Waals surface area contributed by atoms with Crippen LogP contribution in [0.15, 0.2) is 41.4 Å². The van der Waals surface area contributed by atoms with Crippen molar-refractivity contribution in [2.45, 2.75) is 36.1 Å². The molecule has 1 aliphatic rings. The highest BCUT2D eigenvalue weighted by atomic mass is 32.2. The first-order valence-electron chi connectivity index (χ1n) is 6.55. The number of carbonyl (C=O) groups is 1. The van der Waals surface area contributed by atoms with Gasteiger partial charge in [0.1, 0.15) is 0 Å². The van der Waals surface area contributed by atoms with Crippen molar-refractivity contribution in [2.24, 2.45) is 0 Å². The van der Waals surface area contributed by atoms with Gasteiger partial charge in [-0.3, -0.25) is 4.79 Å². The number of aromatic nitrogens is 1. The molecular formula is C15H16N2OS. The van der Waals surface area contributed by atoms with Crippen LogP contribution in [0, 0.1) is 0 Å². The van der Waals surface area contributed by atoms with Gasteiger partial charge in [-0.05, 0) is 31.9 Å². The quantitative estimate of drug-likeness (QED) is 0.870. The molecule has 1 aromatic heterocycles. The largest absolute Gasteiger partial charge is 0.352 e. The lowest BCUT2D eigenvalue weighted by atomic mass is 10.2. The van der Waals surface area contributed by atoms with Crippen LogP contribution in [0.2, 0.25) is 0 Å². The van der Waals surface area contributed by atoms with Crippen molar-refractivity contribution in [3.63, 3.8) is 0 Å². The molecule has 1 aromatic carbocycles. The Morgan fingerprint density at radius 1 is 1.32 bits per heavy atom. The lowest BCUT2D eigenvalue weighted by Gasteiger charge is -2.11. The van der Waals surface area contributed by atoms with Gasteiger partial charge in [0.2, 0.25) is 5.91 Å². The summed E-state index contributed by atoms with van der Waals surface area (Å²) in [5.74, 6) is 0.113. The Hall–Kier alpha value is -1.55. The van der Waals surface area contributed by atoms with Gasteiger partial charge in [0.15, 0.2) is 0 Å². The molecule has 4 heteroatoms. The van der Waals surface area contributed by atoms with Crippen molar-refractivity contribution in [1.29, 1.82) is 0 Å². The van der Waals surface area contributed by atoms with E-state index in [4.69, 9.17) is 0 Å². The summed E-state index contributed by atoms with van der Waals surface area (Å²) in [6, 6.07) is 12.5. The van der Waals surface area contributed by atoms with E-state index >= 15 is 0 Å². The molecule has 0 aliphatic heterocycles. The average molecular weight is 272 g/mol. The molecule has 1 saturated carbocycles. The molecule has 1 amide bonds. The van der Waals surface area contributed by atoms with E-state index in [1.807, 2.05) is 37.3 Å². The third kappa shape index (κ3) is 3.07. The smallest absolute Gasteiger partial charge is 0.233 e. The number of para-hydroxylation sites is 1. The molecule has 1 aliphatic carbocycles. The summed E-state index contributed by atoms with van der Waals surface area (Å²) in [5.41, 5.74) is 0.974. The maximum Gasteiger partial charge on any atom is 0.233 e. The Morgan fingerprint density at radius 2 is 2.11 bits per heavy atom. The first kappa shape index (κ1) is 12.5. The van der Waals surface area contributed by atoms with Gasteiger partial charge in [-0.2, -0.15) is 0 Å². The normalized spacial score (nSPS) is 16.3. The average Bonchev–Trinajstić information content (AvgIpc) is 3.22. The van der Waals surface area contributed by atoms with E-state index in [2.05, 4.69) is 16.4 Å². The second-order valence-electron chi connectivity index (χ2n) is 4.89. The SMILES string of the molecule is C[C@@H](Sc1ccc2ccccc2n1)C(=O)NC1CC1. The van der Waals surface area contributed by atoms with Gasteiger partial charge in [0, 0.05) is 11.4 Å². The van der Waals surface area contributed by atoms with Crippen molar-refractivity contribution in [2.75, 3.05) is 0 Å². The molecule has 1 heterocycles. The zero-order valence-electron chi connectivity index (χ0n) is 10.8. The Morgan fingerprint density at radius 3 is 2.89 bits per heavy atom. The molecule has 2 aromatic rings. The molecule has 3 rings (SSSR count). The molecule has 3 nitrogen and oxygen atoms in total. The van der Waals surface area contributed by atoms with Crippen LogP contribution in [-0.4, -0.2) is 22.2 Å². The number of carbonyl (C=O) groups excluding carboxylic acids is 1. The molecule has 0 unspecified atom stereocenters. The lowest BCUT2D eigenvalue weighted by molar-refractivity contribution is -0.120. The Bertz CT molecular complexity index is 610. The summed E-state index contributed by atoms with van der Waals surface area (Å²) in [5, 5.41) is 4.95. The van der Waals surface area contributed by atoms with E-state index in [0.29, 0.717) is 6.04 Å². The molecule has 0 bridgehead atoms. The molecule has 1 N–H and O–H groups in total. The zero-order chi connectivity index (χ0) is 13.2. The third-order valence-corrected chi connectivity index (χ3v) is 4.20. The topological polar surface area (TPSA) is 42.0 Å². The van der Waals surface area contributed by atoms with E-state index in [1.54, 1.807) is 0 Å². The minimum absolute atomic E-state index is 0.103. The molecule has 0 spiro atoms. The van der Waals surface area contributed by atoms with Gasteiger partial charge in [-0.25, -0.2) is 4.98 Å². The number of rotatable bonds is 4. The van der Waals surface area contributed by atoms with Crippen molar-refractivity contribution >= 4 is 28.6 Å². The minimum atomic E-state index is -0.103. The maximum atomic E-state index is 11.9. The summed E-state index contributed by atoms with van der Waals surface area (Å²) >= 11 is 1.51. The van der Waals surface area contributed by atoms with Crippen molar-refractivity contribution < 1.29 is 4.79 Å². The Kier molecular flexibility index (Phi) is 3.42. The first-order valence-corrected chi connectivity index (χ1v) is 7.43. The molecule has 0 radical (unpaired) electrons. The van der Waals surface area contributed by atoms with Gasteiger partial charge in [0.05, 0.1) is 15.8 Å². The van der Waals surface area contributed by atoms with Crippen molar-refractivity contribution in [3.8, 4) is 0 Å². The van der Waals surface area contributed by atoms with Crippen LogP contribution in [0.5, 0.6) is 0 Å². The predicted molar refractivity (Wildman–Crippen MR) is 78.2 cm³/mol. The third-order valence-electron chi connectivity index (χ3n) is 3.16. The number of benzene rings is 1. The van der Waals surface area contributed by atoms with Gasteiger partial charge >= 0.3 is 0 Å². The number of thioether (sulfide) groups is 1. The van der Waals surface area contributed by atoms with Crippen LogP contribution >= 0.6 is 11.8 Å². The van der Waals surface area contributed by atoms with E-state index < -0.39 is 0 Å². The highest BCUT2D eigenvalue weighted by molar-refractivity contribution is 8.00. The van der Waals surface area contributed by atoms with E-state index in [0.717, 1.165) is 28.8 Å². The standard InChI is InChI=1S/C15H16N2OS/c1-10(15(18)16-12-7-8-12)19-14-9-6-11-4-2-3-5-13(11)17-14/h2-6,9-10,12H,7-8H2,1H3,(H,16,18)/t10-/m1/s1. The summed E-state index contributed by atoms with van der Waals surface area (Å²) in [6.45, 7) is 1.93. The monoisotopic (exact) mass is 272 g/mol. The highest BCUT2D eigenvalue weighted by Crippen LogP contribution is 2.25. The summed E-state index contributed by atoms with van der Waals surface area (Å²) in [6.07, 6.45) is 2.24. The summed E-state index contributed by atoms with van der Waals surface area (Å²) in [7, 11) is 0. The van der Waals surface area contributed by atoms with E-state index in [9.17, 15) is 4.79 Å². The molecule has 98 valence electrons. The van der Waals surface area contributed by atoms with Crippen LogP contribution in [0.1, 0.15) is 19.8 Å². The van der Waals surface area contributed by atoms with Gasteiger partial charge in [0.25, 0.3) is 0 Å². The van der Waals surface area contributed by atoms with Crippen LogP contribution in [0.3, 0.4) is 0 Å². The van der Waals surface area contributed by atoms with Crippen LogP contribution in [-0.2, 0) is 4.79 Å². The van der Waals surface area contributed by atoms with Gasteiger partial charge in [-0.1, -0.05) is 36.0 Å². The number of nitrogens with zero attached hydrogens (tertiary/aromatic N) is 1. The van der Waals surface area contributed by atoms with Crippen molar-refractivity contribution in [1.82, 2.24) is 10.3 Å². The Labute approximate surface area is 116 Å². The number of pyridine rings is 1. The van der Waals surface area contributed by atoms with E-state index in [-0.39, 0.29) is 11.2 Å². The number of nitrogens with one attached hydrogen (secondary N) is 1. The second-order valence-corrected chi connectivity index (χ2v) is 6.25. The number of hydrogen-bond acceptors (Lipinski definition) is 3. The van der Waals surface area contributed by atoms with Crippen LogP contribution in [0.25, 0.3) is 10.9 Å². The Balaban J connectivity index is 1.71. The predicted octanol–water partition coefficient (Wildman–Crippen LogP) is 2.99. The number of amides is 1. The fourth-order valence-corrected chi connectivity index (χ4v) is 2.73. The van der Waals surface area contributed by atoms with Gasteiger partial charge < -0.3 is 5.32 Å². The van der Waals surface area contributed by atoms with Crippen LogP contribution < -0.4 is 5.32 Å². The molecular weight excluding hydrogens is 256 g/mol.